The largest absolute Gasteiger partial charge is 0.346 e. The summed E-state index contributed by atoms with van der Waals surface area (Å²) < 4.78 is 16.3. The molecule has 8 heteroatoms. The van der Waals surface area contributed by atoms with Crippen LogP contribution >= 0.6 is 0 Å². The summed E-state index contributed by atoms with van der Waals surface area (Å²) in [6, 6.07) is 3.51. The standard InChI is InChI=1S/C18H18FN7/c1-3-26-9-14(8-23-26)24-15-5-4-12(17(19)25-15)6-13-7-20-18-16(13)11(2)21-10-22-18/h4-5,7-10H,3,6H2,1-2H3,(H,24,25)(H,20,21,22). The van der Waals surface area contributed by atoms with Crippen LogP contribution < -0.4 is 5.32 Å². The van der Waals surface area contributed by atoms with E-state index in [1.165, 1.54) is 6.33 Å². The molecule has 0 atom stereocenters. The highest BCUT2D eigenvalue weighted by molar-refractivity contribution is 5.82. The van der Waals surface area contributed by atoms with Crippen molar-refractivity contribution in [3.8, 4) is 0 Å². The first-order valence-electron chi connectivity index (χ1n) is 8.36. The molecule has 0 saturated carbocycles. The molecule has 4 rings (SSSR count). The lowest BCUT2D eigenvalue weighted by atomic mass is 10.1. The van der Waals surface area contributed by atoms with Crippen LogP contribution in [0, 0.1) is 12.9 Å². The highest BCUT2D eigenvalue weighted by atomic mass is 19.1. The van der Waals surface area contributed by atoms with Gasteiger partial charge in [-0.2, -0.15) is 9.49 Å². The van der Waals surface area contributed by atoms with Crippen LogP contribution in [0.15, 0.2) is 37.1 Å². The zero-order chi connectivity index (χ0) is 18.1. The van der Waals surface area contributed by atoms with Crippen LogP contribution in [0.4, 0.5) is 15.9 Å². The fourth-order valence-corrected chi connectivity index (χ4v) is 2.95. The Balaban J connectivity index is 1.57. The number of aromatic nitrogens is 6. The molecule has 0 aliphatic heterocycles. The van der Waals surface area contributed by atoms with Gasteiger partial charge in [-0.1, -0.05) is 6.07 Å². The van der Waals surface area contributed by atoms with Gasteiger partial charge >= 0.3 is 0 Å². The van der Waals surface area contributed by atoms with Crippen molar-refractivity contribution in [2.24, 2.45) is 0 Å². The number of hydrogen-bond acceptors (Lipinski definition) is 5. The van der Waals surface area contributed by atoms with Crippen molar-refractivity contribution in [1.29, 1.82) is 0 Å². The van der Waals surface area contributed by atoms with Crippen molar-refractivity contribution >= 4 is 22.5 Å². The molecule has 0 aliphatic rings. The number of anilines is 2. The molecule has 0 aromatic carbocycles. The number of fused-ring (bicyclic) bond motifs is 1. The average Bonchev–Trinajstić information content (AvgIpc) is 3.25. The van der Waals surface area contributed by atoms with Gasteiger partial charge in [0.1, 0.15) is 17.8 Å². The third kappa shape index (κ3) is 3.01. The number of aryl methyl sites for hydroxylation is 2. The lowest BCUT2D eigenvalue weighted by Gasteiger charge is -2.06. The molecule has 0 fully saturated rings. The van der Waals surface area contributed by atoms with Gasteiger partial charge in [-0.05, 0) is 25.5 Å². The minimum Gasteiger partial charge on any atom is -0.346 e. The Morgan fingerprint density at radius 3 is 2.88 bits per heavy atom. The van der Waals surface area contributed by atoms with Crippen molar-refractivity contribution in [2.45, 2.75) is 26.8 Å². The van der Waals surface area contributed by atoms with Gasteiger partial charge in [0.15, 0.2) is 0 Å². The molecule has 2 N–H and O–H groups in total. The zero-order valence-corrected chi connectivity index (χ0v) is 14.5. The van der Waals surface area contributed by atoms with Crippen molar-refractivity contribution in [1.82, 2.24) is 29.7 Å². The number of H-pyrrole nitrogens is 1. The first-order valence-corrected chi connectivity index (χ1v) is 8.36. The summed E-state index contributed by atoms with van der Waals surface area (Å²) in [4.78, 5) is 15.6. The van der Waals surface area contributed by atoms with Gasteiger partial charge in [0, 0.05) is 36.3 Å². The predicted octanol–water partition coefficient (Wildman–Crippen LogP) is 3.35. The first-order chi connectivity index (χ1) is 12.6. The third-order valence-corrected chi connectivity index (χ3v) is 4.28. The molecule has 132 valence electrons. The van der Waals surface area contributed by atoms with Crippen LogP contribution in [0.5, 0.6) is 0 Å². The maximum absolute atomic E-state index is 14.5. The van der Waals surface area contributed by atoms with Crippen LogP contribution in [0.2, 0.25) is 0 Å². The predicted molar refractivity (Wildman–Crippen MR) is 96.8 cm³/mol. The molecule has 0 spiro atoms. The van der Waals surface area contributed by atoms with E-state index >= 15 is 0 Å². The Morgan fingerprint density at radius 1 is 1.23 bits per heavy atom. The van der Waals surface area contributed by atoms with E-state index in [2.05, 4.69) is 30.4 Å². The highest BCUT2D eigenvalue weighted by Gasteiger charge is 2.12. The summed E-state index contributed by atoms with van der Waals surface area (Å²) >= 11 is 0. The van der Waals surface area contributed by atoms with E-state index in [-0.39, 0.29) is 0 Å². The number of nitrogens with one attached hydrogen (secondary N) is 2. The minimum absolute atomic E-state index is 0.418. The van der Waals surface area contributed by atoms with Gasteiger partial charge in [-0.25, -0.2) is 15.0 Å². The Bertz CT molecular complexity index is 1070. The van der Waals surface area contributed by atoms with Gasteiger partial charge in [-0.15, -0.1) is 0 Å². The summed E-state index contributed by atoms with van der Waals surface area (Å²) in [6.45, 7) is 4.69. The van der Waals surface area contributed by atoms with Gasteiger partial charge < -0.3 is 10.3 Å². The molecule has 0 aliphatic carbocycles. The number of hydrogen-bond donors (Lipinski definition) is 2. The van der Waals surface area contributed by atoms with Crippen LogP contribution in [-0.2, 0) is 13.0 Å². The lowest BCUT2D eigenvalue weighted by Crippen LogP contribution is -2.00. The Labute approximate surface area is 149 Å². The number of pyridine rings is 1. The van der Waals surface area contributed by atoms with Gasteiger partial charge in [0.05, 0.1) is 17.6 Å². The van der Waals surface area contributed by atoms with Gasteiger partial charge in [-0.3, -0.25) is 4.68 Å². The Morgan fingerprint density at radius 2 is 2.12 bits per heavy atom. The molecule has 4 aromatic rings. The van der Waals surface area contributed by atoms with E-state index in [0.717, 1.165) is 34.5 Å². The van der Waals surface area contributed by atoms with E-state index in [4.69, 9.17) is 0 Å². The highest BCUT2D eigenvalue weighted by Crippen LogP contribution is 2.23. The molecule has 0 amide bonds. The molecule has 0 bridgehead atoms. The molecule has 0 saturated heterocycles. The zero-order valence-electron chi connectivity index (χ0n) is 14.5. The van der Waals surface area contributed by atoms with E-state index in [9.17, 15) is 4.39 Å². The van der Waals surface area contributed by atoms with Crippen molar-refractivity contribution in [2.75, 3.05) is 5.32 Å². The monoisotopic (exact) mass is 351 g/mol. The van der Waals surface area contributed by atoms with Crippen LogP contribution in [-0.4, -0.2) is 29.7 Å². The summed E-state index contributed by atoms with van der Waals surface area (Å²) in [6.07, 6.45) is 7.31. The van der Waals surface area contributed by atoms with Crippen molar-refractivity contribution < 1.29 is 4.39 Å². The smallest absolute Gasteiger partial charge is 0.218 e. The fraction of sp³-hybridized carbons (Fsp3) is 0.222. The summed E-state index contributed by atoms with van der Waals surface area (Å²) in [5, 5.41) is 8.17. The van der Waals surface area contributed by atoms with Crippen molar-refractivity contribution in [3.63, 3.8) is 0 Å². The Kier molecular flexibility index (Phi) is 4.08. The maximum atomic E-state index is 14.5. The van der Waals surface area contributed by atoms with E-state index in [1.54, 1.807) is 23.0 Å². The first kappa shape index (κ1) is 16.2. The molecular formula is C18H18FN7. The minimum atomic E-state index is -0.498. The average molecular weight is 351 g/mol. The van der Waals surface area contributed by atoms with E-state index in [0.29, 0.717) is 17.8 Å². The SMILES string of the molecule is CCn1cc(Nc2ccc(Cc3c[nH]c4ncnc(C)c34)c(F)n2)cn1. The number of nitrogens with zero attached hydrogens (tertiary/aromatic N) is 5. The maximum Gasteiger partial charge on any atom is 0.218 e. The van der Waals surface area contributed by atoms with Crippen LogP contribution in [0.1, 0.15) is 23.7 Å². The molecule has 7 nitrogen and oxygen atoms in total. The second-order valence-corrected chi connectivity index (χ2v) is 6.03. The third-order valence-electron chi connectivity index (χ3n) is 4.28. The second-order valence-electron chi connectivity index (χ2n) is 6.03. The normalized spacial score (nSPS) is 11.2. The van der Waals surface area contributed by atoms with Gasteiger partial charge in [0.25, 0.3) is 0 Å². The number of aromatic amines is 1. The van der Waals surface area contributed by atoms with Gasteiger partial charge in [0.2, 0.25) is 5.95 Å². The van der Waals surface area contributed by atoms with Crippen LogP contribution in [0.25, 0.3) is 11.0 Å². The summed E-state index contributed by atoms with van der Waals surface area (Å²) in [7, 11) is 0. The van der Waals surface area contributed by atoms with Crippen molar-refractivity contribution in [3.05, 3.63) is 59.8 Å². The topological polar surface area (TPSA) is 84.3 Å². The lowest BCUT2D eigenvalue weighted by molar-refractivity contribution is 0.572. The quantitative estimate of drug-likeness (QED) is 0.539. The number of halogens is 1. The summed E-state index contributed by atoms with van der Waals surface area (Å²) in [5.41, 5.74) is 3.86. The molecule has 4 aromatic heterocycles. The van der Waals surface area contributed by atoms with E-state index in [1.807, 2.05) is 26.2 Å². The summed E-state index contributed by atoms with van der Waals surface area (Å²) in [5.74, 6) is -0.0536. The molecule has 4 heterocycles. The molecule has 0 radical (unpaired) electrons. The molecular weight excluding hydrogens is 333 g/mol. The molecule has 0 unspecified atom stereocenters. The fourth-order valence-electron chi connectivity index (χ4n) is 2.95. The number of rotatable bonds is 5. The second kappa shape index (κ2) is 6.55. The van der Waals surface area contributed by atoms with Crippen LogP contribution in [0.3, 0.4) is 0 Å². The Hall–Kier alpha value is -3.29. The van der Waals surface area contributed by atoms with E-state index < -0.39 is 5.95 Å². The molecule has 26 heavy (non-hydrogen) atoms.